The van der Waals surface area contributed by atoms with Gasteiger partial charge in [-0.25, -0.2) is 9.78 Å². The SMILES string of the molecule is CCOC(=O)c1sc(N)nc1-c1ccc(Br)cc1. The molecule has 0 fully saturated rings. The average Bonchev–Trinajstić information content (AvgIpc) is 2.73. The van der Waals surface area contributed by atoms with Crippen molar-refractivity contribution >= 4 is 38.4 Å². The zero-order valence-corrected chi connectivity index (χ0v) is 12.0. The first-order chi connectivity index (χ1) is 8.61. The number of carbonyl (C=O) groups excluding carboxylic acids is 1. The quantitative estimate of drug-likeness (QED) is 0.878. The van der Waals surface area contributed by atoms with Crippen LogP contribution >= 0.6 is 27.3 Å². The maximum atomic E-state index is 11.8. The van der Waals surface area contributed by atoms with E-state index in [1.165, 1.54) is 0 Å². The number of halogens is 1. The van der Waals surface area contributed by atoms with E-state index in [1.807, 2.05) is 24.3 Å². The van der Waals surface area contributed by atoms with E-state index in [0.29, 0.717) is 22.3 Å². The van der Waals surface area contributed by atoms with Gasteiger partial charge in [-0.05, 0) is 19.1 Å². The molecule has 2 aromatic rings. The molecular weight excluding hydrogens is 316 g/mol. The second kappa shape index (κ2) is 5.49. The van der Waals surface area contributed by atoms with E-state index in [2.05, 4.69) is 20.9 Å². The van der Waals surface area contributed by atoms with Crippen LogP contribution in [0.15, 0.2) is 28.7 Å². The Morgan fingerprint density at radius 2 is 2.11 bits per heavy atom. The highest BCUT2D eigenvalue weighted by atomic mass is 79.9. The lowest BCUT2D eigenvalue weighted by molar-refractivity contribution is 0.0532. The summed E-state index contributed by atoms with van der Waals surface area (Å²) in [5.41, 5.74) is 7.09. The van der Waals surface area contributed by atoms with E-state index >= 15 is 0 Å². The van der Waals surface area contributed by atoms with Crippen LogP contribution in [-0.2, 0) is 4.74 Å². The largest absolute Gasteiger partial charge is 0.462 e. The average molecular weight is 327 g/mol. The fraction of sp³-hybridized carbons (Fsp3) is 0.167. The van der Waals surface area contributed by atoms with Crippen molar-refractivity contribution in [3.05, 3.63) is 33.6 Å². The first kappa shape index (κ1) is 13.0. The lowest BCUT2D eigenvalue weighted by atomic mass is 10.1. The number of esters is 1. The Morgan fingerprint density at radius 3 is 2.72 bits per heavy atom. The Morgan fingerprint density at radius 1 is 1.44 bits per heavy atom. The molecule has 1 aromatic heterocycles. The van der Waals surface area contributed by atoms with Crippen LogP contribution < -0.4 is 5.73 Å². The minimum absolute atomic E-state index is 0.330. The van der Waals surface area contributed by atoms with Crippen molar-refractivity contribution in [1.82, 2.24) is 4.98 Å². The highest BCUT2D eigenvalue weighted by molar-refractivity contribution is 9.10. The Hall–Kier alpha value is -1.40. The molecule has 0 bridgehead atoms. The summed E-state index contributed by atoms with van der Waals surface area (Å²) >= 11 is 4.50. The molecule has 0 amide bonds. The predicted molar refractivity (Wildman–Crippen MR) is 75.6 cm³/mol. The number of aromatic nitrogens is 1. The number of thiazole rings is 1. The highest BCUT2D eigenvalue weighted by Gasteiger charge is 2.19. The summed E-state index contributed by atoms with van der Waals surface area (Å²) in [5.74, 6) is -0.385. The number of nitrogens with zero attached hydrogens (tertiary/aromatic N) is 1. The number of nitrogen functional groups attached to an aromatic ring is 1. The van der Waals surface area contributed by atoms with Gasteiger partial charge in [-0.1, -0.05) is 39.4 Å². The van der Waals surface area contributed by atoms with E-state index in [0.717, 1.165) is 21.4 Å². The molecule has 2 N–H and O–H groups in total. The fourth-order valence-electron chi connectivity index (χ4n) is 1.48. The first-order valence-electron chi connectivity index (χ1n) is 5.31. The van der Waals surface area contributed by atoms with Crippen molar-refractivity contribution in [2.45, 2.75) is 6.92 Å². The van der Waals surface area contributed by atoms with E-state index < -0.39 is 0 Å². The van der Waals surface area contributed by atoms with Crippen LogP contribution in [0, 0.1) is 0 Å². The number of hydrogen-bond acceptors (Lipinski definition) is 5. The molecule has 0 atom stereocenters. The van der Waals surface area contributed by atoms with Crippen LogP contribution in [0.5, 0.6) is 0 Å². The lowest BCUT2D eigenvalue weighted by Crippen LogP contribution is -2.03. The third-order valence-corrected chi connectivity index (χ3v) is 3.62. The van der Waals surface area contributed by atoms with Gasteiger partial charge in [0.2, 0.25) is 0 Å². The standard InChI is InChI=1S/C12H11BrN2O2S/c1-2-17-11(16)10-9(15-12(14)18-10)7-3-5-8(13)6-4-7/h3-6H,2H2,1H3,(H2,14,15). The van der Waals surface area contributed by atoms with Crippen molar-refractivity contribution in [3.63, 3.8) is 0 Å². The van der Waals surface area contributed by atoms with Gasteiger partial charge >= 0.3 is 5.97 Å². The van der Waals surface area contributed by atoms with Crippen LogP contribution in [0.25, 0.3) is 11.3 Å². The number of carbonyl (C=O) groups is 1. The van der Waals surface area contributed by atoms with Crippen molar-refractivity contribution in [2.24, 2.45) is 0 Å². The molecule has 4 nitrogen and oxygen atoms in total. The monoisotopic (exact) mass is 326 g/mol. The number of hydrogen-bond donors (Lipinski definition) is 1. The summed E-state index contributed by atoms with van der Waals surface area (Å²) in [4.78, 5) is 16.4. The second-order valence-electron chi connectivity index (χ2n) is 3.46. The van der Waals surface area contributed by atoms with Crippen molar-refractivity contribution < 1.29 is 9.53 Å². The summed E-state index contributed by atoms with van der Waals surface area (Å²) in [6, 6.07) is 7.53. The molecule has 2 rings (SSSR count). The summed E-state index contributed by atoms with van der Waals surface area (Å²) in [7, 11) is 0. The molecule has 0 radical (unpaired) electrons. The summed E-state index contributed by atoms with van der Waals surface area (Å²) in [5, 5.41) is 0.357. The second-order valence-corrected chi connectivity index (χ2v) is 5.40. The molecule has 0 saturated carbocycles. The molecule has 1 heterocycles. The van der Waals surface area contributed by atoms with Gasteiger partial charge in [0.25, 0.3) is 0 Å². The molecule has 0 aliphatic rings. The summed E-state index contributed by atoms with van der Waals surface area (Å²) in [6.07, 6.45) is 0. The van der Waals surface area contributed by atoms with Gasteiger partial charge in [0.15, 0.2) is 5.13 Å². The molecule has 18 heavy (non-hydrogen) atoms. The molecule has 0 spiro atoms. The summed E-state index contributed by atoms with van der Waals surface area (Å²) in [6.45, 7) is 2.10. The van der Waals surface area contributed by atoms with Crippen LogP contribution in [0.1, 0.15) is 16.6 Å². The van der Waals surface area contributed by atoms with Gasteiger partial charge in [0, 0.05) is 10.0 Å². The minimum Gasteiger partial charge on any atom is -0.462 e. The molecule has 0 saturated heterocycles. The zero-order chi connectivity index (χ0) is 13.1. The van der Waals surface area contributed by atoms with Crippen LogP contribution in [-0.4, -0.2) is 17.6 Å². The number of rotatable bonds is 3. The molecule has 6 heteroatoms. The van der Waals surface area contributed by atoms with Gasteiger partial charge in [-0.2, -0.15) is 0 Å². The van der Waals surface area contributed by atoms with Crippen molar-refractivity contribution in [1.29, 1.82) is 0 Å². The number of nitrogens with two attached hydrogens (primary N) is 1. The Labute approximate surface area is 117 Å². The predicted octanol–water partition coefficient (Wildman–Crippen LogP) is 3.33. The smallest absolute Gasteiger partial charge is 0.350 e. The third-order valence-electron chi connectivity index (χ3n) is 2.22. The lowest BCUT2D eigenvalue weighted by Gasteiger charge is -2.02. The Bertz CT molecular complexity index is 566. The number of anilines is 1. The normalized spacial score (nSPS) is 10.3. The molecular formula is C12H11BrN2O2S. The molecule has 0 unspecified atom stereocenters. The van der Waals surface area contributed by atoms with E-state index in [4.69, 9.17) is 10.5 Å². The van der Waals surface area contributed by atoms with Gasteiger partial charge in [-0.3, -0.25) is 0 Å². The van der Waals surface area contributed by atoms with Crippen molar-refractivity contribution in [2.75, 3.05) is 12.3 Å². The maximum Gasteiger partial charge on any atom is 0.350 e. The third kappa shape index (κ3) is 2.70. The van der Waals surface area contributed by atoms with E-state index in [9.17, 15) is 4.79 Å². The first-order valence-corrected chi connectivity index (χ1v) is 6.92. The van der Waals surface area contributed by atoms with Crippen LogP contribution in [0.3, 0.4) is 0 Å². The summed E-state index contributed by atoms with van der Waals surface area (Å²) < 4.78 is 5.96. The molecule has 1 aromatic carbocycles. The van der Waals surface area contributed by atoms with Crippen molar-refractivity contribution in [3.8, 4) is 11.3 Å². The van der Waals surface area contributed by atoms with Gasteiger partial charge in [0.05, 0.1) is 12.3 Å². The highest BCUT2D eigenvalue weighted by Crippen LogP contribution is 2.30. The van der Waals surface area contributed by atoms with Gasteiger partial charge in [-0.15, -0.1) is 0 Å². The Balaban J connectivity index is 2.44. The molecule has 0 aliphatic heterocycles. The fourth-order valence-corrected chi connectivity index (χ4v) is 2.49. The topological polar surface area (TPSA) is 65.2 Å². The number of benzene rings is 1. The van der Waals surface area contributed by atoms with Crippen LogP contribution in [0.2, 0.25) is 0 Å². The van der Waals surface area contributed by atoms with Gasteiger partial charge in [0.1, 0.15) is 4.88 Å². The van der Waals surface area contributed by atoms with Crippen LogP contribution in [0.4, 0.5) is 5.13 Å². The minimum atomic E-state index is -0.385. The molecule has 0 aliphatic carbocycles. The zero-order valence-electron chi connectivity index (χ0n) is 9.64. The molecule has 94 valence electrons. The van der Waals surface area contributed by atoms with E-state index in [-0.39, 0.29) is 5.97 Å². The Kier molecular flexibility index (Phi) is 3.98. The maximum absolute atomic E-state index is 11.8. The van der Waals surface area contributed by atoms with E-state index in [1.54, 1.807) is 6.92 Å². The number of ether oxygens (including phenoxy) is 1. The van der Waals surface area contributed by atoms with Gasteiger partial charge < -0.3 is 10.5 Å².